The molecule has 0 fully saturated rings. The van der Waals surface area contributed by atoms with Crippen LogP contribution in [-0.4, -0.2) is 20.9 Å². The van der Waals surface area contributed by atoms with E-state index in [2.05, 4.69) is 10.0 Å². The molecule has 0 aliphatic heterocycles. The number of sulfonamides is 1. The zero-order valence-electron chi connectivity index (χ0n) is 16.9. The van der Waals surface area contributed by atoms with Gasteiger partial charge >= 0.3 is 0 Å². The van der Waals surface area contributed by atoms with Crippen LogP contribution in [0.5, 0.6) is 5.75 Å². The molecule has 0 spiro atoms. The van der Waals surface area contributed by atoms with Crippen LogP contribution in [0.4, 0.5) is 5.69 Å². The Balaban J connectivity index is 1.59. The van der Waals surface area contributed by atoms with Gasteiger partial charge in [0, 0.05) is 12.2 Å². The Morgan fingerprint density at radius 3 is 2.40 bits per heavy atom. The van der Waals surface area contributed by atoms with Crippen molar-refractivity contribution in [1.29, 1.82) is 0 Å². The molecule has 0 aliphatic carbocycles. The molecule has 3 rings (SSSR count). The van der Waals surface area contributed by atoms with Gasteiger partial charge in [-0.2, -0.15) is 0 Å². The Bertz CT molecular complexity index is 1130. The lowest BCUT2D eigenvalue weighted by Crippen LogP contribution is -2.23. The molecule has 7 heteroatoms. The second-order valence-corrected chi connectivity index (χ2v) is 8.71. The summed E-state index contributed by atoms with van der Waals surface area (Å²) in [6.07, 6.45) is 0. The largest absolute Gasteiger partial charge is 0.483 e. The maximum atomic E-state index is 12.5. The first-order valence-electron chi connectivity index (χ1n) is 9.47. The van der Waals surface area contributed by atoms with Crippen molar-refractivity contribution in [3.63, 3.8) is 0 Å². The fourth-order valence-corrected chi connectivity index (χ4v) is 3.97. The summed E-state index contributed by atoms with van der Waals surface area (Å²) in [6, 6.07) is 21.3. The van der Waals surface area contributed by atoms with Crippen molar-refractivity contribution in [2.45, 2.75) is 25.3 Å². The number of nitrogens with one attached hydrogen (secondary N) is 2. The number of ether oxygens (including phenoxy) is 1. The maximum Gasteiger partial charge on any atom is 0.262 e. The van der Waals surface area contributed by atoms with Crippen LogP contribution >= 0.6 is 0 Å². The molecule has 0 bridgehead atoms. The summed E-state index contributed by atoms with van der Waals surface area (Å²) < 4.78 is 33.3. The fourth-order valence-electron chi connectivity index (χ4n) is 2.87. The molecule has 0 unspecified atom stereocenters. The lowest BCUT2D eigenvalue weighted by atomic mass is 10.2. The van der Waals surface area contributed by atoms with E-state index in [-0.39, 0.29) is 24.0 Å². The number of hydrogen-bond donors (Lipinski definition) is 2. The van der Waals surface area contributed by atoms with Gasteiger partial charge in [-0.05, 0) is 60.9 Å². The summed E-state index contributed by atoms with van der Waals surface area (Å²) in [5.74, 6) is 0.164. The molecule has 3 aromatic carbocycles. The van der Waals surface area contributed by atoms with E-state index in [0.29, 0.717) is 17.0 Å². The topological polar surface area (TPSA) is 84.5 Å². The molecule has 0 radical (unpaired) electrons. The number of aryl methyl sites for hydroxylation is 2. The predicted octanol–water partition coefficient (Wildman–Crippen LogP) is 3.80. The average molecular weight is 425 g/mol. The molecule has 0 heterocycles. The van der Waals surface area contributed by atoms with Crippen molar-refractivity contribution in [2.75, 3.05) is 11.9 Å². The molecule has 6 nitrogen and oxygen atoms in total. The Morgan fingerprint density at radius 1 is 0.933 bits per heavy atom. The van der Waals surface area contributed by atoms with Crippen LogP contribution in [0.3, 0.4) is 0 Å². The van der Waals surface area contributed by atoms with E-state index in [0.717, 1.165) is 11.1 Å². The second-order valence-electron chi connectivity index (χ2n) is 6.94. The van der Waals surface area contributed by atoms with Crippen molar-refractivity contribution in [3.8, 4) is 5.75 Å². The smallest absolute Gasteiger partial charge is 0.262 e. The van der Waals surface area contributed by atoms with Gasteiger partial charge in [-0.25, -0.2) is 13.1 Å². The standard InChI is InChI=1S/C23H24N2O4S/c1-17-7-6-10-20(13-17)25-23(26)16-29-22-12-11-21(14-18(22)2)30(27,28)24-15-19-8-4-3-5-9-19/h3-14,24H,15-16H2,1-2H3,(H,25,26). The Labute approximate surface area is 177 Å². The van der Waals surface area contributed by atoms with Gasteiger partial charge in [0.05, 0.1) is 4.90 Å². The first kappa shape index (κ1) is 21.5. The Morgan fingerprint density at radius 2 is 1.70 bits per heavy atom. The molecular formula is C23H24N2O4S. The third-order valence-corrected chi connectivity index (χ3v) is 5.83. The van der Waals surface area contributed by atoms with E-state index in [1.165, 1.54) is 12.1 Å². The van der Waals surface area contributed by atoms with Gasteiger partial charge in [-0.15, -0.1) is 0 Å². The highest BCUT2D eigenvalue weighted by Crippen LogP contribution is 2.22. The normalized spacial score (nSPS) is 11.1. The molecule has 0 aliphatic rings. The first-order valence-corrected chi connectivity index (χ1v) is 11.0. The lowest BCUT2D eigenvalue weighted by molar-refractivity contribution is -0.118. The summed E-state index contributed by atoms with van der Waals surface area (Å²) >= 11 is 0. The van der Waals surface area contributed by atoms with Crippen LogP contribution in [0.1, 0.15) is 16.7 Å². The van der Waals surface area contributed by atoms with Crippen molar-refractivity contribution in [3.05, 3.63) is 89.5 Å². The number of benzene rings is 3. The van der Waals surface area contributed by atoms with Crippen LogP contribution < -0.4 is 14.8 Å². The van der Waals surface area contributed by atoms with Gasteiger partial charge in [0.2, 0.25) is 10.0 Å². The molecule has 0 aromatic heterocycles. The number of carbonyl (C=O) groups excluding carboxylic acids is 1. The average Bonchev–Trinajstić information content (AvgIpc) is 2.72. The number of anilines is 1. The first-order chi connectivity index (χ1) is 14.3. The summed E-state index contributed by atoms with van der Waals surface area (Å²) in [6.45, 7) is 3.72. The highest BCUT2D eigenvalue weighted by Gasteiger charge is 2.16. The third-order valence-electron chi connectivity index (χ3n) is 4.43. The van der Waals surface area contributed by atoms with Gasteiger partial charge < -0.3 is 10.1 Å². The van der Waals surface area contributed by atoms with Crippen molar-refractivity contribution < 1.29 is 17.9 Å². The van der Waals surface area contributed by atoms with E-state index in [1.54, 1.807) is 19.1 Å². The summed E-state index contributed by atoms with van der Waals surface area (Å²) in [5.41, 5.74) is 3.24. The predicted molar refractivity (Wildman–Crippen MR) is 117 cm³/mol. The van der Waals surface area contributed by atoms with Gasteiger partial charge in [0.1, 0.15) is 5.75 Å². The van der Waals surface area contributed by atoms with Gasteiger partial charge in [-0.3, -0.25) is 4.79 Å². The summed E-state index contributed by atoms with van der Waals surface area (Å²) in [7, 11) is -3.66. The van der Waals surface area contributed by atoms with Gasteiger partial charge in [-0.1, -0.05) is 42.5 Å². The minimum Gasteiger partial charge on any atom is -0.483 e. The monoisotopic (exact) mass is 424 g/mol. The zero-order chi connectivity index (χ0) is 21.6. The van der Waals surface area contributed by atoms with Crippen LogP contribution in [-0.2, 0) is 21.4 Å². The summed E-state index contributed by atoms with van der Waals surface area (Å²) in [4.78, 5) is 12.3. The zero-order valence-corrected chi connectivity index (χ0v) is 17.7. The van der Waals surface area contributed by atoms with E-state index in [9.17, 15) is 13.2 Å². The number of rotatable bonds is 8. The lowest BCUT2D eigenvalue weighted by Gasteiger charge is -2.12. The van der Waals surface area contributed by atoms with E-state index in [4.69, 9.17) is 4.74 Å². The molecule has 0 saturated heterocycles. The molecular weight excluding hydrogens is 400 g/mol. The second kappa shape index (κ2) is 9.56. The Kier molecular flexibility index (Phi) is 6.87. The van der Waals surface area contributed by atoms with Crippen molar-refractivity contribution in [1.82, 2.24) is 4.72 Å². The molecule has 2 N–H and O–H groups in total. The van der Waals surface area contributed by atoms with Gasteiger partial charge in [0.15, 0.2) is 6.61 Å². The molecule has 1 amide bonds. The van der Waals surface area contributed by atoms with Crippen LogP contribution in [0, 0.1) is 13.8 Å². The number of carbonyl (C=O) groups is 1. The van der Waals surface area contributed by atoms with Crippen LogP contribution in [0.2, 0.25) is 0 Å². The quantitative estimate of drug-likeness (QED) is 0.576. The fraction of sp³-hybridized carbons (Fsp3) is 0.174. The number of amides is 1. The van der Waals surface area contributed by atoms with Crippen molar-refractivity contribution in [2.24, 2.45) is 0 Å². The minimum absolute atomic E-state index is 0.146. The molecule has 30 heavy (non-hydrogen) atoms. The van der Waals surface area contributed by atoms with Crippen LogP contribution in [0.25, 0.3) is 0 Å². The molecule has 0 saturated carbocycles. The van der Waals surface area contributed by atoms with Crippen molar-refractivity contribution >= 4 is 21.6 Å². The SMILES string of the molecule is Cc1cccc(NC(=O)COc2ccc(S(=O)(=O)NCc3ccccc3)cc2C)c1. The van der Waals surface area contributed by atoms with E-state index < -0.39 is 10.0 Å². The number of hydrogen-bond acceptors (Lipinski definition) is 4. The Hall–Kier alpha value is -3.16. The molecule has 3 aromatic rings. The summed E-state index contributed by atoms with van der Waals surface area (Å²) in [5, 5.41) is 2.77. The van der Waals surface area contributed by atoms with E-state index >= 15 is 0 Å². The maximum absolute atomic E-state index is 12.5. The highest BCUT2D eigenvalue weighted by molar-refractivity contribution is 7.89. The van der Waals surface area contributed by atoms with Crippen LogP contribution in [0.15, 0.2) is 77.7 Å². The molecule has 0 atom stereocenters. The van der Waals surface area contributed by atoms with Gasteiger partial charge in [0.25, 0.3) is 5.91 Å². The molecule has 156 valence electrons. The van der Waals surface area contributed by atoms with E-state index in [1.807, 2.05) is 55.5 Å². The third kappa shape index (κ3) is 5.92. The highest BCUT2D eigenvalue weighted by atomic mass is 32.2. The minimum atomic E-state index is -3.66.